The Morgan fingerprint density at radius 1 is 1.19 bits per heavy atom. The minimum Gasteiger partial charge on any atom is -0.386 e. The van der Waals surface area contributed by atoms with Crippen LogP contribution in [0.25, 0.3) is 11.0 Å². The third kappa shape index (κ3) is 3.72. The zero-order valence-electron chi connectivity index (χ0n) is 18.1. The lowest BCUT2D eigenvalue weighted by molar-refractivity contribution is 0.473. The molecule has 1 aliphatic heterocycles. The Labute approximate surface area is 195 Å². The summed E-state index contributed by atoms with van der Waals surface area (Å²) in [7, 11) is -0.720. The van der Waals surface area contributed by atoms with Crippen molar-refractivity contribution < 1.29 is 8.94 Å². The lowest BCUT2D eigenvalue weighted by Crippen LogP contribution is -2.55. The summed E-state index contributed by atoms with van der Waals surface area (Å²) in [4.78, 5) is 17.6. The van der Waals surface area contributed by atoms with Crippen LogP contribution in [-0.2, 0) is 5.54 Å². The number of hydrogen-bond acceptors (Lipinski definition) is 8. The summed E-state index contributed by atoms with van der Waals surface area (Å²) in [6, 6.07) is 6.50. The fourth-order valence-electron chi connectivity index (χ4n) is 3.82. The molecule has 8 nitrogen and oxygen atoms in total. The maximum absolute atomic E-state index is 15.0. The molecule has 0 aliphatic carbocycles. The maximum Gasteiger partial charge on any atom is 0.160 e. The van der Waals surface area contributed by atoms with E-state index in [0.29, 0.717) is 28.1 Å². The normalized spacial score (nSPS) is 26.9. The van der Waals surface area contributed by atoms with Crippen LogP contribution >= 0.6 is 26.4 Å². The molecule has 0 radical (unpaired) electrons. The van der Waals surface area contributed by atoms with Crippen molar-refractivity contribution in [1.29, 1.82) is 0 Å². The first-order valence-corrected chi connectivity index (χ1v) is 12.4. The highest BCUT2D eigenvalue weighted by molar-refractivity contribution is 9.10. The van der Waals surface area contributed by atoms with Crippen molar-refractivity contribution in [1.82, 2.24) is 19.7 Å². The second kappa shape index (κ2) is 7.91. The van der Waals surface area contributed by atoms with Gasteiger partial charge in [0, 0.05) is 27.7 Å². The number of aliphatic imine (C=N–C) groups is 1. The summed E-state index contributed by atoms with van der Waals surface area (Å²) >= 11 is 3.39. The van der Waals surface area contributed by atoms with Crippen LogP contribution in [0.1, 0.15) is 26.3 Å². The number of nitrogens with two attached hydrogens (primary N) is 1. The third-order valence-electron chi connectivity index (χ3n) is 5.91. The Balaban J connectivity index is 1.77. The fourth-order valence-corrected chi connectivity index (χ4v) is 6.58. The van der Waals surface area contributed by atoms with Gasteiger partial charge in [-0.15, -0.1) is 0 Å². The van der Waals surface area contributed by atoms with Gasteiger partial charge < -0.3 is 15.6 Å². The monoisotopic (exact) mass is 521 g/mol. The molecular weight excluding hydrogens is 497 g/mol. The number of hydrogen-bond donors (Lipinski definition) is 4. The minimum absolute atomic E-state index is 0.219. The van der Waals surface area contributed by atoms with Crippen LogP contribution in [0.15, 0.2) is 46.3 Å². The summed E-state index contributed by atoms with van der Waals surface area (Å²) in [6.07, 6.45) is 3.10. The van der Waals surface area contributed by atoms with Crippen molar-refractivity contribution in [2.24, 2.45) is 10.7 Å². The standard InChI is InChI=1S/C21H25BrFN7OS/c1-20(2)19(24)30-21(3,10-32(20,31)25-4)14-8-13(5-6-15(14)23)29-18-17-16(27-11-28-18)7-12(22)9-26-17/h5-9,11,25,31H,10H2,1-4H3,(H2,24,30)(H,27,28,29)/t21-/m0/s1. The van der Waals surface area contributed by atoms with Gasteiger partial charge in [-0.2, -0.15) is 0 Å². The number of aromatic nitrogens is 3. The Kier molecular flexibility index (Phi) is 5.64. The highest BCUT2D eigenvalue weighted by atomic mass is 79.9. The van der Waals surface area contributed by atoms with Gasteiger partial charge in [0.25, 0.3) is 0 Å². The number of nitrogens with one attached hydrogen (secondary N) is 2. The van der Waals surface area contributed by atoms with E-state index in [-0.39, 0.29) is 11.6 Å². The summed E-state index contributed by atoms with van der Waals surface area (Å²) in [6.45, 7) is 5.47. The summed E-state index contributed by atoms with van der Waals surface area (Å²) in [5, 5.41) is 3.21. The molecule has 3 heterocycles. The molecule has 2 atom stereocenters. The molecular formula is C21H25BrFN7OS. The van der Waals surface area contributed by atoms with Crippen LogP contribution in [0, 0.1) is 5.82 Å². The number of rotatable bonds is 4. The molecule has 170 valence electrons. The van der Waals surface area contributed by atoms with E-state index in [4.69, 9.17) is 5.73 Å². The van der Waals surface area contributed by atoms with E-state index in [9.17, 15) is 4.55 Å². The van der Waals surface area contributed by atoms with Gasteiger partial charge in [-0.1, -0.05) is 10.5 Å². The van der Waals surface area contributed by atoms with Crippen molar-refractivity contribution in [3.8, 4) is 0 Å². The van der Waals surface area contributed by atoms with Crippen molar-refractivity contribution in [3.05, 3.63) is 52.6 Å². The van der Waals surface area contributed by atoms with E-state index >= 15 is 4.39 Å². The zero-order valence-corrected chi connectivity index (χ0v) is 20.6. The molecule has 0 saturated heterocycles. The maximum atomic E-state index is 15.0. The first-order chi connectivity index (χ1) is 15.0. The Hall–Kier alpha value is -2.34. The molecule has 0 spiro atoms. The SMILES string of the molecule is CNS1(O)C[C@@](C)(c2cc(Nc3ncnc4cc(Br)cnc34)ccc2F)N=C(N)C1(C)C. The van der Waals surface area contributed by atoms with Crippen LogP contribution in [0.2, 0.25) is 0 Å². The molecule has 1 unspecified atom stereocenters. The van der Waals surface area contributed by atoms with E-state index in [1.165, 1.54) is 12.4 Å². The van der Waals surface area contributed by atoms with E-state index in [2.05, 4.69) is 45.9 Å². The first kappa shape index (κ1) is 22.8. The molecule has 0 fully saturated rings. The quantitative estimate of drug-likeness (QED) is 0.400. The highest BCUT2D eigenvalue weighted by Crippen LogP contribution is 2.59. The number of pyridine rings is 1. The van der Waals surface area contributed by atoms with Gasteiger partial charge in [-0.05, 0) is 68.0 Å². The Morgan fingerprint density at radius 3 is 2.66 bits per heavy atom. The molecule has 5 N–H and O–H groups in total. The molecule has 4 rings (SSSR count). The first-order valence-electron chi connectivity index (χ1n) is 9.90. The van der Waals surface area contributed by atoms with Gasteiger partial charge in [0.15, 0.2) is 5.82 Å². The molecule has 32 heavy (non-hydrogen) atoms. The van der Waals surface area contributed by atoms with Crippen LogP contribution < -0.4 is 15.8 Å². The molecule has 2 aromatic heterocycles. The summed E-state index contributed by atoms with van der Waals surface area (Å²) in [5.74, 6) is 0.570. The summed E-state index contributed by atoms with van der Waals surface area (Å²) < 4.78 is 29.5. The molecule has 0 bridgehead atoms. The largest absolute Gasteiger partial charge is 0.386 e. The van der Waals surface area contributed by atoms with Gasteiger partial charge >= 0.3 is 0 Å². The highest BCUT2D eigenvalue weighted by Gasteiger charge is 2.51. The van der Waals surface area contributed by atoms with Gasteiger partial charge in [0.05, 0.1) is 15.8 Å². The number of fused-ring (bicyclic) bond motifs is 1. The molecule has 11 heteroatoms. The van der Waals surface area contributed by atoms with Gasteiger partial charge in [0.2, 0.25) is 0 Å². The predicted molar refractivity (Wildman–Crippen MR) is 132 cm³/mol. The van der Waals surface area contributed by atoms with E-state index in [1.54, 1.807) is 32.3 Å². The number of anilines is 2. The van der Waals surface area contributed by atoms with Gasteiger partial charge in [-0.25, -0.2) is 19.3 Å². The van der Waals surface area contributed by atoms with Gasteiger partial charge in [0.1, 0.15) is 23.5 Å². The zero-order chi connectivity index (χ0) is 23.3. The third-order valence-corrected chi connectivity index (χ3v) is 9.89. The van der Waals surface area contributed by atoms with Crippen molar-refractivity contribution >= 4 is 54.8 Å². The van der Waals surface area contributed by atoms with Crippen molar-refractivity contribution in [3.63, 3.8) is 0 Å². The number of halogens is 2. The fraction of sp³-hybridized carbons (Fsp3) is 0.333. The number of nitrogens with zero attached hydrogens (tertiary/aromatic N) is 4. The topological polar surface area (TPSA) is 121 Å². The van der Waals surface area contributed by atoms with E-state index in [1.807, 2.05) is 19.9 Å². The predicted octanol–water partition coefficient (Wildman–Crippen LogP) is 4.45. The average molecular weight is 522 g/mol. The molecule has 3 aromatic rings. The van der Waals surface area contributed by atoms with Crippen LogP contribution in [0.4, 0.5) is 15.9 Å². The minimum atomic E-state index is -2.41. The lowest BCUT2D eigenvalue weighted by Gasteiger charge is -2.53. The van der Waals surface area contributed by atoms with Crippen LogP contribution in [-0.4, -0.2) is 42.9 Å². The Morgan fingerprint density at radius 2 is 1.94 bits per heavy atom. The van der Waals surface area contributed by atoms with Crippen molar-refractivity contribution in [2.45, 2.75) is 31.1 Å². The van der Waals surface area contributed by atoms with Gasteiger partial charge in [-0.3, -0.25) is 9.71 Å². The molecule has 0 saturated carbocycles. The second-order valence-corrected chi connectivity index (χ2v) is 12.4. The van der Waals surface area contributed by atoms with Crippen LogP contribution in [0.5, 0.6) is 0 Å². The van der Waals surface area contributed by atoms with E-state index < -0.39 is 26.6 Å². The molecule has 0 amide bonds. The van der Waals surface area contributed by atoms with E-state index in [0.717, 1.165) is 4.47 Å². The summed E-state index contributed by atoms with van der Waals surface area (Å²) in [5.41, 5.74) is 7.41. The second-order valence-electron chi connectivity index (χ2n) is 8.40. The van der Waals surface area contributed by atoms with Crippen molar-refractivity contribution in [2.75, 3.05) is 18.1 Å². The smallest absolute Gasteiger partial charge is 0.160 e. The Bertz CT molecular complexity index is 1240. The van der Waals surface area contributed by atoms with Crippen LogP contribution in [0.3, 0.4) is 0 Å². The lowest BCUT2D eigenvalue weighted by atomic mass is 9.92. The average Bonchev–Trinajstić information content (AvgIpc) is 2.73. The number of benzene rings is 1. The molecule has 1 aliphatic rings. The molecule has 1 aromatic carbocycles. The number of amidine groups is 1.